The molecule has 18 heavy (non-hydrogen) atoms. The highest BCUT2D eigenvalue weighted by atomic mass is 32.2. The van der Waals surface area contributed by atoms with Gasteiger partial charge in [-0.2, -0.15) is 0 Å². The van der Waals surface area contributed by atoms with E-state index in [-0.39, 0.29) is 12.5 Å². The third kappa shape index (κ3) is 3.06. The molecule has 0 saturated carbocycles. The Morgan fingerprint density at radius 2 is 2.00 bits per heavy atom. The number of benzene rings is 1. The third-order valence-corrected chi connectivity index (χ3v) is 3.36. The van der Waals surface area contributed by atoms with E-state index in [0.717, 1.165) is 17.5 Å². The fourth-order valence-electron chi connectivity index (χ4n) is 1.86. The molecule has 7 heteroatoms. The van der Waals surface area contributed by atoms with Crippen molar-refractivity contribution in [2.24, 2.45) is 0 Å². The average Bonchev–Trinajstić information content (AvgIpc) is 2.59. The number of rotatable bonds is 5. The summed E-state index contributed by atoms with van der Waals surface area (Å²) < 4.78 is 24.1. The van der Waals surface area contributed by atoms with Gasteiger partial charge in [0.15, 0.2) is 0 Å². The number of anilines is 1. The Labute approximate surface area is 106 Å². The predicted octanol–water partition coefficient (Wildman–Crippen LogP) is -0.181. The van der Waals surface area contributed by atoms with Crippen LogP contribution in [-0.2, 0) is 14.8 Å². The highest BCUT2D eigenvalue weighted by Crippen LogP contribution is 2.29. The molecule has 1 heterocycles. The van der Waals surface area contributed by atoms with Gasteiger partial charge in [0.2, 0.25) is 15.9 Å². The molecule has 0 bridgehead atoms. The van der Waals surface area contributed by atoms with Crippen molar-refractivity contribution in [1.82, 2.24) is 10.0 Å². The lowest BCUT2D eigenvalue weighted by atomic mass is 10.1. The van der Waals surface area contributed by atoms with Gasteiger partial charge >= 0.3 is 0 Å². The first kappa shape index (κ1) is 13.0. The Kier molecular flexibility index (Phi) is 3.65. The van der Waals surface area contributed by atoms with Gasteiger partial charge in [-0.1, -0.05) is 18.2 Å². The topological polar surface area (TPSA) is 87.3 Å². The first-order valence-corrected chi connectivity index (χ1v) is 7.44. The molecule has 0 radical (unpaired) electrons. The molecule has 0 aromatic heterocycles. The molecule has 98 valence electrons. The van der Waals surface area contributed by atoms with Crippen LogP contribution in [0.2, 0.25) is 0 Å². The molecular weight excluding hydrogens is 254 g/mol. The van der Waals surface area contributed by atoms with Crippen LogP contribution in [0.1, 0.15) is 11.6 Å². The Morgan fingerprint density at radius 3 is 2.72 bits per heavy atom. The molecule has 0 saturated heterocycles. The minimum Gasteiger partial charge on any atom is -0.324 e. The van der Waals surface area contributed by atoms with E-state index in [2.05, 4.69) is 15.4 Å². The number of carbonyl (C=O) groups excluding carboxylic acids is 1. The smallest absolute Gasteiger partial charge is 0.246 e. The maximum Gasteiger partial charge on any atom is 0.246 e. The van der Waals surface area contributed by atoms with Crippen LogP contribution in [0, 0.1) is 0 Å². The van der Waals surface area contributed by atoms with Crippen molar-refractivity contribution < 1.29 is 13.2 Å². The molecule has 0 spiro atoms. The zero-order valence-corrected chi connectivity index (χ0v) is 10.8. The van der Waals surface area contributed by atoms with Gasteiger partial charge in [0.1, 0.15) is 6.04 Å². The van der Waals surface area contributed by atoms with Gasteiger partial charge in [-0.3, -0.25) is 4.79 Å². The summed E-state index contributed by atoms with van der Waals surface area (Å²) in [4.78, 5) is 11.7. The van der Waals surface area contributed by atoms with E-state index in [4.69, 9.17) is 0 Å². The summed E-state index contributed by atoms with van der Waals surface area (Å²) >= 11 is 0. The van der Waals surface area contributed by atoms with Gasteiger partial charge in [-0.05, 0) is 6.07 Å². The second kappa shape index (κ2) is 5.05. The van der Waals surface area contributed by atoms with Crippen LogP contribution in [-0.4, -0.2) is 33.7 Å². The van der Waals surface area contributed by atoms with Crippen molar-refractivity contribution in [3.8, 4) is 0 Å². The minimum atomic E-state index is -3.18. The number of carbonyl (C=O) groups is 1. The number of fused-ring (bicyclic) bond motifs is 1. The summed E-state index contributed by atoms with van der Waals surface area (Å²) in [5.74, 6) is -0.115. The maximum absolute atomic E-state index is 11.7. The van der Waals surface area contributed by atoms with Gasteiger partial charge in [0.05, 0.1) is 6.26 Å². The molecule has 1 atom stereocenters. The Hall–Kier alpha value is -1.44. The molecule has 2 rings (SSSR count). The van der Waals surface area contributed by atoms with Crippen LogP contribution < -0.4 is 15.4 Å². The zero-order chi connectivity index (χ0) is 13.2. The molecule has 0 fully saturated rings. The SMILES string of the molecule is CS(=O)(=O)NCCNC1C(=O)Nc2ccccc21. The van der Waals surface area contributed by atoms with Crippen LogP contribution in [0.4, 0.5) is 5.69 Å². The molecule has 3 N–H and O–H groups in total. The lowest BCUT2D eigenvalue weighted by molar-refractivity contribution is -0.117. The molecule has 1 aromatic rings. The summed E-state index contributed by atoms with van der Waals surface area (Å²) in [6.07, 6.45) is 1.10. The van der Waals surface area contributed by atoms with Crippen molar-refractivity contribution in [3.63, 3.8) is 0 Å². The van der Waals surface area contributed by atoms with Gasteiger partial charge in [-0.25, -0.2) is 13.1 Å². The van der Waals surface area contributed by atoms with E-state index in [0.29, 0.717) is 6.54 Å². The third-order valence-electron chi connectivity index (χ3n) is 2.63. The van der Waals surface area contributed by atoms with E-state index >= 15 is 0 Å². The second-order valence-corrected chi connectivity index (χ2v) is 5.96. The Balaban J connectivity index is 1.92. The number of para-hydroxylation sites is 1. The normalized spacial score (nSPS) is 18.5. The standard InChI is InChI=1S/C11H15N3O3S/c1-18(16,17)13-7-6-12-10-8-4-2-3-5-9(8)14-11(10)15/h2-5,10,12-13H,6-7H2,1H3,(H,14,15). The number of hydrogen-bond acceptors (Lipinski definition) is 4. The van der Waals surface area contributed by atoms with Crippen molar-refractivity contribution in [2.75, 3.05) is 24.7 Å². The largest absolute Gasteiger partial charge is 0.324 e. The van der Waals surface area contributed by atoms with E-state index in [9.17, 15) is 13.2 Å². The van der Waals surface area contributed by atoms with E-state index in [1.54, 1.807) is 0 Å². The van der Waals surface area contributed by atoms with Crippen molar-refractivity contribution in [1.29, 1.82) is 0 Å². The molecule has 1 aliphatic heterocycles. The van der Waals surface area contributed by atoms with Crippen molar-refractivity contribution in [2.45, 2.75) is 6.04 Å². The van der Waals surface area contributed by atoms with Crippen LogP contribution in [0.5, 0.6) is 0 Å². The summed E-state index contributed by atoms with van der Waals surface area (Å²) in [5.41, 5.74) is 1.69. The van der Waals surface area contributed by atoms with E-state index in [1.165, 1.54) is 0 Å². The summed E-state index contributed by atoms with van der Waals surface area (Å²) in [5, 5.41) is 5.79. The average molecular weight is 269 g/mol. The number of hydrogen-bond donors (Lipinski definition) is 3. The van der Waals surface area contributed by atoms with E-state index in [1.807, 2.05) is 24.3 Å². The van der Waals surface area contributed by atoms with Crippen LogP contribution >= 0.6 is 0 Å². The zero-order valence-electron chi connectivity index (χ0n) is 9.93. The molecule has 1 amide bonds. The first-order chi connectivity index (χ1) is 8.47. The van der Waals surface area contributed by atoms with Gasteiger partial charge in [0, 0.05) is 24.3 Å². The van der Waals surface area contributed by atoms with Crippen LogP contribution in [0.15, 0.2) is 24.3 Å². The van der Waals surface area contributed by atoms with Gasteiger partial charge in [-0.15, -0.1) is 0 Å². The molecule has 1 aliphatic rings. The van der Waals surface area contributed by atoms with Crippen LogP contribution in [0.3, 0.4) is 0 Å². The lowest BCUT2D eigenvalue weighted by Crippen LogP contribution is -2.35. The summed E-state index contributed by atoms with van der Waals surface area (Å²) in [7, 11) is -3.18. The van der Waals surface area contributed by atoms with E-state index < -0.39 is 16.1 Å². The first-order valence-electron chi connectivity index (χ1n) is 5.55. The highest BCUT2D eigenvalue weighted by Gasteiger charge is 2.29. The highest BCUT2D eigenvalue weighted by molar-refractivity contribution is 7.88. The molecular formula is C11H15N3O3S. The fraction of sp³-hybridized carbons (Fsp3) is 0.364. The maximum atomic E-state index is 11.7. The number of amides is 1. The quantitative estimate of drug-likeness (QED) is 0.647. The summed E-state index contributed by atoms with van der Waals surface area (Å²) in [6.45, 7) is 0.643. The monoisotopic (exact) mass is 269 g/mol. The van der Waals surface area contributed by atoms with Crippen molar-refractivity contribution >= 4 is 21.6 Å². The molecule has 1 unspecified atom stereocenters. The van der Waals surface area contributed by atoms with Crippen molar-refractivity contribution in [3.05, 3.63) is 29.8 Å². The number of sulfonamides is 1. The number of nitrogens with one attached hydrogen (secondary N) is 3. The Morgan fingerprint density at radius 1 is 1.28 bits per heavy atom. The predicted molar refractivity (Wildman–Crippen MR) is 68.7 cm³/mol. The molecule has 6 nitrogen and oxygen atoms in total. The Bertz CT molecular complexity index is 556. The van der Waals surface area contributed by atoms with Gasteiger partial charge < -0.3 is 10.6 Å². The fourth-order valence-corrected chi connectivity index (χ4v) is 2.34. The van der Waals surface area contributed by atoms with Crippen LogP contribution in [0.25, 0.3) is 0 Å². The molecule has 0 aliphatic carbocycles. The minimum absolute atomic E-state index is 0.115. The molecule has 1 aromatic carbocycles. The summed E-state index contributed by atoms with van der Waals surface area (Å²) in [6, 6.07) is 7.01. The van der Waals surface area contributed by atoms with Gasteiger partial charge in [0.25, 0.3) is 0 Å². The second-order valence-electron chi connectivity index (χ2n) is 4.13. The lowest BCUT2D eigenvalue weighted by Gasteiger charge is -2.11.